The average molecular weight is 374 g/mol. The van der Waals surface area contributed by atoms with Gasteiger partial charge in [0.2, 0.25) is 0 Å². The summed E-state index contributed by atoms with van der Waals surface area (Å²) in [7, 11) is 0. The minimum atomic E-state index is 0.0115. The van der Waals surface area contributed by atoms with Gasteiger partial charge in [0.05, 0.1) is 5.69 Å². The largest absolute Gasteiger partial charge is 0.321 e. The number of hydrogen-bond donors (Lipinski definition) is 1. The van der Waals surface area contributed by atoms with Crippen LogP contribution in [0.15, 0.2) is 47.3 Å². The molecule has 1 aromatic heterocycles. The van der Waals surface area contributed by atoms with Crippen LogP contribution in [0, 0.1) is 0 Å². The standard InChI is InChI=1S/C24H27N3O/c1-16(2)27-12-10-26(11-13-27)15-17-6-5-9-19-21(17)14-22-18-7-3-4-8-20(18)24(28)25-23(19)22/h3-9,16H,10-15H2,1-2H3,(H,25,28). The summed E-state index contributed by atoms with van der Waals surface area (Å²) in [5.41, 5.74) is 6.29. The molecule has 1 aliphatic carbocycles. The average Bonchev–Trinajstić information content (AvgIpc) is 3.09. The number of benzene rings is 2. The Kier molecular flexibility index (Phi) is 4.33. The van der Waals surface area contributed by atoms with Crippen molar-refractivity contribution in [1.29, 1.82) is 0 Å². The molecule has 5 rings (SSSR count). The topological polar surface area (TPSA) is 39.3 Å². The molecule has 1 saturated heterocycles. The van der Waals surface area contributed by atoms with Crippen LogP contribution in [0.25, 0.3) is 22.0 Å². The Hall–Kier alpha value is -2.43. The number of nitrogens with one attached hydrogen (secondary N) is 1. The van der Waals surface area contributed by atoms with E-state index in [2.05, 4.69) is 52.9 Å². The van der Waals surface area contributed by atoms with Crippen molar-refractivity contribution < 1.29 is 0 Å². The molecule has 4 heteroatoms. The quantitative estimate of drug-likeness (QED) is 0.596. The van der Waals surface area contributed by atoms with Crippen molar-refractivity contribution in [3.63, 3.8) is 0 Å². The van der Waals surface area contributed by atoms with Crippen LogP contribution in [-0.4, -0.2) is 47.0 Å². The van der Waals surface area contributed by atoms with Gasteiger partial charge in [-0.1, -0.05) is 36.4 Å². The number of aromatic amines is 1. The first-order valence-corrected chi connectivity index (χ1v) is 10.3. The summed E-state index contributed by atoms with van der Waals surface area (Å²) < 4.78 is 0. The third-order valence-electron chi connectivity index (χ3n) is 6.46. The minimum absolute atomic E-state index is 0.0115. The van der Waals surface area contributed by atoms with Crippen LogP contribution in [0.2, 0.25) is 0 Å². The van der Waals surface area contributed by atoms with Crippen LogP contribution < -0.4 is 5.56 Å². The van der Waals surface area contributed by atoms with Gasteiger partial charge in [-0.05, 0) is 42.0 Å². The lowest BCUT2D eigenvalue weighted by atomic mass is 10.0. The van der Waals surface area contributed by atoms with E-state index in [0.717, 1.165) is 55.6 Å². The predicted octanol–water partition coefficient (Wildman–Crippen LogP) is 3.63. The lowest BCUT2D eigenvalue weighted by molar-refractivity contribution is 0.104. The monoisotopic (exact) mass is 373 g/mol. The van der Waals surface area contributed by atoms with Crippen molar-refractivity contribution >= 4 is 10.8 Å². The maximum atomic E-state index is 12.6. The molecule has 144 valence electrons. The SMILES string of the molecule is CC(C)N1CCN(Cc2cccc3c2Cc2c-3[nH]c(=O)c3ccccc23)CC1. The zero-order chi connectivity index (χ0) is 19.3. The Labute approximate surface area is 165 Å². The molecule has 0 bridgehead atoms. The number of aromatic nitrogens is 1. The molecule has 2 aromatic carbocycles. The Morgan fingerprint density at radius 2 is 1.68 bits per heavy atom. The van der Waals surface area contributed by atoms with Crippen LogP contribution in [0.5, 0.6) is 0 Å². The van der Waals surface area contributed by atoms with E-state index in [9.17, 15) is 4.79 Å². The van der Waals surface area contributed by atoms with E-state index in [0.29, 0.717) is 6.04 Å². The summed E-state index contributed by atoms with van der Waals surface area (Å²) >= 11 is 0. The molecule has 0 amide bonds. The van der Waals surface area contributed by atoms with E-state index in [4.69, 9.17) is 0 Å². The van der Waals surface area contributed by atoms with Gasteiger partial charge in [-0.25, -0.2) is 0 Å². The highest BCUT2D eigenvalue weighted by molar-refractivity contribution is 5.93. The van der Waals surface area contributed by atoms with Crippen molar-refractivity contribution in [3.8, 4) is 11.3 Å². The van der Waals surface area contributed by atoms with Crippen LogP contribution >= 0.6 is 0 Å². The van der Waals surface area contributed by atoms with E-state index < -0.39 is 0 Å². The Balaban J connectivity index is 1.47. The Morgan fingerprint density at radius 1 is 0.929 bits per heavy atom. The van der Waals surface area contributed by atoms with Crippen LogP contribution in [0.3, 0.4) is 0 Å². The first-order valence-electron chi connectivity index (χ1n) is 10.3. The first-order chi connectivity index (χ1) is 13.6. The number of H-pyrrole nitrogens is 1. The normalized spacial score (nSPS) is 17.2. The second-order valence-corrected chi connectivity index (χ2v) is 8.38. The van der Waals surface area contributed by atoms with Gasteiger partial charge in [-0.2, -0.15) is 0 Å². The maximum Gasteiger partial charge on any atom is 0.256 e. The molecule has 1 fully saturated rings. The highest BCUT2D eigenvalue weighted by Gasteiger charge is 2.26. The van der Waals surface area contributed by atoms with Gasteiger partial charge in [-0.15, -0.1) is 0 Å². The second-order valence-electron chi connectivity index (χ2n) is 8.38. The molecule has 2 heterocycles. The molecule has 3 aromatic rings. The zero-order valence-corrected chi connectivity index (χ0v) is 16.7. The molecular weight excluding hydrogens is 346 g/mol. The first kappa shape index (κ1) is 17.7. The molecule has 0 atom stereocenters. The third kappa shape index (κ3) is 2.88. The fourth-order valence-electron chi connectivity index (χ4n) is 4.83. The number of nitrogens with zero attached hydrogens (tertiary/aromatic N) is 2. The van der Waals surface area contributed by atoms with E-state index >= 15 is 0 Å². The lowest BCUT2D eigenvalue weighted by Gasteiger charge is -2.37. The number of fused-ring (bicyclic) bond motifs is 5. The summed E-state index contributed by atoms with van der Waals surface area (Å²) in [4.78, 5) is 20.8. The van der Waals surface area contributed by atoms with E-state index in [1.54, 1.807) is 0 Å². The van der Waals surface area contributed by atoms with Crippen molar-refractivity contribution in [2.75, 3.05) is 26.2 Å². The smallest absolute Gasteiger partial charge is 0.256 e. The molecule has 2 aliphatic rings. The summed E-state index contributed by atoms with van der Waals surface area (Å²) in [5, 5.41) is 1.88. The summed E-state index contributed by atoms with van der Waals surface area (Å²) in [6.45, 7) is 10.1. The van der Waals surface area contributed by atoms with Gasteiger partial charge in [-0.3, -0.25) is 14.6 Å². The molecule has 0 spiro atoms. The van der Waals surface area contributed by atoms with Gasteiger partial charge in [0.15, 0.2) is 0 Å². The molecule has 1 aliphatic heterocycles. The van der Waals surface area contributed by atoms with Crippen molar-refractivity contribution in [2.24, 2.45) is 0 Å². The zero-order valence-electron chi connectivity index (χ0n) is 16.7. The molecule has 1 N–H and O–H groups in total. The van der Waals surface area contributed by atoms with Crippen LogP contribution in [-0.2, 0) is 13.0 Å². The van der Waals surface area contributed by atoms with E-state index in [1.165, 1.54) is 22.3 Å². The lowest BCUT2D eigenvalue weighted by Crippen LogP contribution is -2.48. The Morgan fingerprint density at radius 3 is 2.43 bits per heavy atom. The number of hydrogen-bond acceptors (Lipinski definition) is 3. The predicted molar refractivity (Wildman–Crippen MR) is 115 cm³/mol. The highest BCUT2D eigenvalue weighted by Crippen LogP contribution is 2.39. The fourth-order valence-corrected chi connectivity index (χ4v) is 4.83. The van der Waals surface area contributed by atoms with E-state index in [1.807, 2.05) is 18.2 Å². The highest BCUT2D eigenvalue weighted by atomic mass is 16.1. The summed E-state index contributed by atoms with van der Waals surface area (Å²) in [6.07, 6.45) is 0.907. The van der Waals surface area contributed by atoms with Gasteiger partial charge in [0.1, 0.15) is 0 Å². The molecule has 28 heavy (non-hydrogen) atoms. The van der Waals surface area contributed by atoms with Crippen molar-refractivity contribution in [1.82, 2.24) is 14.8 Å². The minimum Gasteiger partial charge on any atom is -0.321 e. The molecule has 0 unspecified atom stereocenters. The van der Waals surface area contributed by atoms with Gasteiger partial charge < -0.3 is 4.98 Å². The van der Waals surface area contributed by atoms with Crippen molar-refractivity contribution in [3.05, 3.63) is 69.5 Å². The maximum absolute atomic E-state index is 12.6. The van der Waals surface area contributed by atoms with Gasteiger partial charge >= 0.3 is 0 Å². The molecular formula is C24H27N3O. The number of rotatable bonds is 3. The van der Waals surface area contributed by atoms with E-state index in [-0.39, 0.29) is 5.56 Å². The number of pyridine rings is 1. The van der Waals surface area contributed by atoms with Gasteiger partial charge in [0.25, 0.3) is 5.56 Å². The van der Waals surface area contributed by atoms with Gasteiger partial charge in [0, 0.05) is 56.1 Å². The van der Waals surface area contributed by atoms with Crippen LogP contribution in [0.4, 0.5) is 0 Å². The molecule has 0 saturated carbocycles. The van der Waals surface area contributed by atoms with Crippen molar-refractivity contribution in [2.45, 2.75) is 32.9 Å². The molecule has 0 radical (unpaired) electrons. The summed E-state index contributed by atoms with van der Waals surface area (Å²) in [5.74, 6) is 0. The van der Waals surface area contributed by atoms with Crippen LogP contribution in [0.1, 0.15) is 30.5 Å². The summed E-state index contributed by atoms with van der Waals surface area (Å²) in [6, 6.07) is 15.2. The molecule has 4 nitrogen and oxygen atoms in total. The third-order valence-corrected chi connectivity index (χ3v) is 6.46. The Bertz CT molecular complexity index is 1090. The number of piperazine rings is 1. The fraction of sp³-hybridized carbons (Fsp3) is 0.375. The second kappa shape index (κ2) is 6.87.